The summed E-state index contributed by atoms with van der Waals surface area (Å²) in [6, 6.07) is 6.80. The standard InChI is InChI=1S/C17H24N2O3S/c1-11(2)10-12-15(17(12,3)4)16(20)18-13-8-6-7-9-14(13)19-23(5,21)22/h6-10,12,15,19H,1-5H3,(H,18,20). The van der Waals surface area contributed by atoms with Crippen LogP contribution in [0.5, 0.6) is 0 Å². The van der Waals surface area contributed by atoms with Crippen LogP contribution in [-0.2, 0) is 14.8 Å². The third kappa shape index (κ3) is 4.13. The molecule has 1 saturated carbocycles. The molecule has 0 bridgehead atoms. The van der Waals surface area contributed by atoms with E-state index in [1.54, 1.807) is 24.3 Å². The SMILES string of the molecule is CC(C)=CC1C(C(=O)Nc2ccccc2NS(C)(=O)=O)C1(C)C. The molecule has 0 spiro atoms. The highest BCUT2D eigenvalue weighted by atomic mass is 32.2. The van der Waals surface area contributed by atoms with Gasteiger partial charge in [0.15, 0.2) is 0 Å². The maximum absolute atomic E-state index is 12.6. The molecule has 1 aromatic rings. The average molecular weight is 336 g/mol. The summed E-state index contributed by atoms with van der Waals surface area (Å²) in [6.45, 7) is 8.19. The van der Waals surface area contributed by atoms with E-state index >= 15 is 0 Å². The summed E-state index contributed by atoms with van der Waals surface area (Å²) in [7, 11) is -3.40. The minimum Gasteiger partial charge on any atom is -0.324 e. The minimum atomic E-state index is -3.40. The Morgan fingerprint density at radius 1 is 1.17 bits per heavy atom. The summed E-state index contributed by atoms with van der Waals surface area (Å²) in [5, 5.41) is 2.86. The van der Waals surface area contributed by atoms with Gasteiger partial charge in [-0.3, -0.25) is 9.52 Å². The number of benzene rings is 1. The third-order valence-electron chi connectivity index (χ3n) is 4.19. The van der Waals surface area contributed by atoms with Crippen molar-refractivity contribution in [2.45, 2.75) is 27.7 Å². The zero-order valence-corrected chi connectivity index (χ0v) is 15.0. The van der Waals surface area contributed by atoms with Crippen molar-refractivity contribution in [2.75, 3.05) is 16.3 Å². The molecule has 1 fully saturated rings. The van der Waals surface area contributed by atoms with Crippen molar-refractivity contribution >= 4 is 27.3 Å². The highest BCUT2D eigenvalue weighted by Gasteiger charge is 2.60. The first-order valence-electron chi connectivity index (χ1n) is 7.55. The van der Waals surface area contributed by atoms with Gasteiger partial charge in [-0.05, 0) is 37.3 Å². The molecular formula is C17H24N2O3S. The highest BCUT2D eigenvalue weighted by molar-refractivity contribution is 7.92. The molecule has 2 N–H and O–H groups in total. The van der Waals surface area contributed by atoms with Crippen LogP contribution in [0.2, 0.25) is 0 Å². The number of carbonyl (C=O) groups excluding carboxylic acids is 1. The van der Waals surface area contributed by atoms with Gasteiger partial charge in [0, 0.05) is 0 Å². The largest absolute Gasteiger partial charge is 0.324 e. The number of carbonyl (C=O) groups is 1. The van der Waals surface area contributed by atoms with Gasteiger partial charge in [-0.15, -0.1) is 0 Å². The molecule has 6 heteroatoms. The fraction of sp³-hybridized carbons (Fsp3) is 0.471. The first-order chi connectivity index (χ1) is 10.5. The maximum atomic E-state index is 12.6. The molecule has 0 saturated heterocycles. The van der Waals surface area contributed by atoms with Gasteiger partial charge in [-0.2, -0.15) is 0 Å². The number of allylic oxidation sites excluding steroid dienone is 2. The first kappa shape index (κ1) is 17.5. The van der Waals surface area contributed by atoms with Crippen LogP contribution >= 0.6 is 0 Å². The van der Waals surface area contributed by atoms with Gasteiger partial charge in [0.05, 0.1) is 23.5 Å². The molecule has 0 radical (unpaired) electrons. The summed E-state index contributed by atoms with van der Waals surface area (Å²) in [4.78, 5) is 12.6. The highest BCUT2D eigenvalue weighted by Crippen LogP contribution is 2.59. The van der Waals surface area contributed by atoms with Crippen molar-refractivity contribution in [3.05, 3.63) is 35.9 Å². The van der Waals surface area contributed by atoms with Crippen LogP contribution in [0.3, 0.4) is 0 Å². The van der Waals surface area contributed by atoms with E-state index in [1.165, 1.54) is 5.57 Å². The van der Waals surface area contributed by atoms with Gasteiger partial charge >= 0.3 is 0 Å². The van der Waals surface area contributed by atoms with E-state index in [0.717, 1.165) is 6.26 Å². The summed E-state index contributed by atoms with van der Waals surface area (Å²) in [5.41, 5.74) is 1.96. The molecule has 1 aliphatic rings. The van der Waals surface area contributed by atoms with Crippen LogP contribution < -0.4 is 10.0 Å². The zero-order chi connectivity index (χ0) is 17.4. The van der Waals surface area contributed by atoms with Crippen molar-refractivity contribution in [1.29, 1.82) is 0 Å². The molecule has 23 heavy (non-hydrogen) atoms. The van der Waals surface area contributed by atoms with Crippen LogP contribution in [0.1, 0.15) is 27.7 Å². The second-order valence-corrected chi connectivity index (χ2v) is 8.73. The molecule has 2 rings (SSSR count). The van der Waals surface area contributed by atoms with Crippen LogP contribution in [0.25, 0.3) is 0 Å². The Bertz CT molecular complexity index is 747. The number of amides is 1. The normalized spacial score (nSPS) is 22.1. The summed E-state index contributed by atoms with van der Waals surface area (Å²) in [5.74, 6) is 0.0199. The van der Waals surface area contributed by atoms with E-state index in [4.69, 9.17) is 0 Å². The predicted molar refractivity (Wildman–Crippen MR) is 93.7 cm³/mol. The lowest BCUT2D eigenvalue weighted by Gasteiger charge is -2.12. The monoisotopic (exact) mass is 336 g/mol. The molecule has 2 unspecified atom stereocenters. The van der Waals surface area contributed by atoms with Crippen LogP contribution in [-0.4, -0.2) is 20.6 Å². The number of para-hydroxylation sites is 2. The van der Waals surface area contributed by atoms with Crippen molar-refractivity contribution < 1.29 is 13.2 Å². The molecular weight excluding hydrogens is 312 g/mol. The average Bonchev–Trinajstić information content (AvgIpc) is 2.90. The topological polar surface area (TPSA) is 75.3 Å². The molecule has 2 atom stereocenters. The summed E-state index contributed by atoms with van der Waals surface area (Å²) in [6.07, 6.45) is 3.21. The van der Waals surface area contributed by atoms with Crippen LogP contribution in [0.4, 0.5) is 11.4 Å². The minimum absolute atomic E-state index is 0.0828. The molecule has 1 amide bonds. The lowest BCUT2D eigenvalue weighted by Crippen LogP contribution is -2.19. The number of nitrogens with one attached hydrogen (secondary N) is 2. The lowest BCUT2D eigenvalue weighted by atomic mass is 10.1. The van der Waals surface area contributed by atoms with E-state index in [1.807, 2.05) is 13.8 Å². The summed E-state index contributed by atoms with van der Waals surface area (Å²) < 4.78 is 25.3. The van der Waals surface area contributed by atoms with Gasteiger partial charge in [0.2, 0.25) is 15.9 Å². The second kappa shape index (κ2) is 6.00. The Kier molecular flexibility index (Phi) is 4.57. The van der Waals surface area contributed by atoms with E-state index < -0.39 is 10.0 Å². The quantitative estimate of drug-likeness (QED) is 0.811. The Morgan fingerprint density at radius 3 is 2.26 bits per heavy atom. The number of sulfonamides is 1. The molecule has 5 nitrogen and oxygen atoms in total. The zero-order valence-electron chi connectivity index (χ0n) is 14.2. The number of anilines is 2. The number of rotatable bonds is 5. The van der Waals surface area contributed by atoms with Crippen molar-refractivity contribution in [3.63, 3.8) is 0 Å². The Hall–Kier alpha value is -1.82. The first-order valence-corrected chi connectivity index (χ1v) is 9.44. The second-order valence-electron chi connectivity index (χ2n) is 6.98. The fourth-order valence-electron chi connectivity index (χ4n) is 2.94. The lowest BCUT2D eigenvalue weighted by molar-refractivity contribution is -0.118. The maximum Gasteiger partial charge on any atom is 0.229 e. The van der Waals surface area contributed by atoms with Crippen molar-refractivity contribution in [3.8, 4) is 0 Å². The van der Waals surface area contributed by atoms with E-state index in [-0.39, 0.29) is 23.2 Å². The fourth-order valence-corrected chi connectivity index (χ4v) is 3.52. The number of hydrogen-bond donors (Lipinski definition) is 2. The van der Waals surface area contributed by atoms with E-state index in [9.17, 15) is 13.2 Å². The Morgan fingerprint density at radius 2 is 1.74 bits per heavy atom. The van der Waals surface area contributed by atoms with Gasteiger partial charge in [0.25, 0.3) is 0 Å². The Balaban J connectivity index is 2.18. The van der Waals surface area contributed by atoms with E-state index in [0.29, 0.717) is 11.4 Å². The van der Waals surface area contributed by atoms with Crippen LogP contribution in [0, 0.1) is 17.3 Å². The third-order valence-corrected chi connectivity index (χ3v) is 4.78. The molecule has 0 aromatic heterocycles. The smallest absolute Gasteiger partial charge is 0.229 e. The molecule has 0 heterocycles. The summed E-state index contributed by atoms with van der Waals surface area (Å²) >= 11 is 0. The number of hydrogen-bond acceptors (Lipinski definition) is 3. The van der Waals surface area contributed by atoms with Crippen molar-refractivity contribution in [1.82, 2.24) is 0 Å². The van der Waals surface area contributed by atoms with Gasteiger partial charge in [0.1, 0.15) is 0 Å². The molecule has 126 valence electrons. The van der Waals surface area contributed by atoms with Crippen molar-refractivity contribution in [2.24, 2.45) is 17.3 Å². The molecule has 0 aliphatic heterocycles. The molecule has 1 aliphatic carbocycles. The van der Waals surface area contributed by atoms with Gasteiger partial charge in [-0.25, -0.2) is 8.42 Å². The van der Waals surface area contributed by atoms with Crippen LogP contribution in [0.15, 0.2) is 35.9 Å². The Labute approximate surface area is 138 Å². The predicted octanol–water partition coefficient (Wildman–Crippen LogP) is 3.24. The van der Waals surface area contributed by atoms with Gasteiger partial charge in [-0.1, -0.05) is 37.6 Å². The van der Waals surface area contributed by atoms with Gasteiger partial charge < -0.3 is 5.32 Å². The molecule has 1 aromatic carbocycles. The van der Waals surface area contributed by atoms with E-state index in [2.05, 4.69) is 30.0 Å².